The summed E-state index contributed by atoms with van der Waals surface area (Å²) >= 11 is 1.85. The van der Waals surface area contributed by atoms with Crippen LogP contribution in [0.4, 0.5) is 0 Å². The molecule has 0 bridgehead atoms. The van der Waals surface area contributed by atoms with Crippen molar-refractivity contribution in [2.45, 2.75) is 58.3 Å². The van der Waals surface area contributed by atoms with Crippen LogP contribution in [0.5, 0.6) is 0 Å². The lowest BCUT2D eigenvalue weighted by Gasteiger charge is -2.19. The number of nitrogens with zero attached hydrogens (tertiary/aromatic N) is 1. The van der Waals surface area contributed by atoms with Gasteiger partial charge in [-0.05, 0) is 52.8 Å². The Hall–Kier alpha value is -0.420. The van der Waals surface area contributed by atoms with Crippen LogP contribution in [0.3, 0.4) is 0 Å². The smallest absolute Gasteiger partial charge is 0.0810 e. The number of rotatable bonds is 8. The van der Waals surface area contributed by atoms with Gasteiger partial charge in [0.25, 0.3) is 0 Å². The summed E-state index contributed by atoms with van der Waals surface area (Å²) in [5.41, 5.74) is 0.175. The molecule has 1 aromatic heterocycles. The Morgan fingerprint density at radius 3 is 2.65 bits per heavy atom. The molecule has 0 atom stereocenters. The highest BCUT2D eigenvalue weighted by molar-refractivity contribution is 7.11. The highest BCUT2D eigenvalue weighted by Crippen LogP contribution is 2.24. The average molecular weight is 296 g/mol. The van der Waals surface area contributed by atoms with E-state index in [2.05, 4.69) is 50.2 Å². The van der Waals surface area contributed by atoms with Crippen LogP contribution in [0.15, 0.2) is 12.1 Å². The first-order valence-electron chi connectivity index (χ1n) is 7.55. The molecule has 0 radical (unpaired) electrons. The fraction of sp³-hybridized carbons (Fsp3) is 0.750. The van der Waals surface area contributed by atoms with Crippen molar-refractivity contribution < 1.29 is 4.74 Å². The molecule has 0 saturated heterocycles. The molecule has 0 amide bonds. The van der Waals surface area contributed by atoms with Crippen molar-refractivity contribution in [1.29, 1.82) is 0 Å². The van der Waals surface area contributed by atoms with Gasteiger partial charge in [-0.15, -0.1) is 11.3 Å². The second-order valence-corrected chi connectivity index (χ2v) is 7.99. The molecule has 1 fully saturated rings. The Bertz CT molecular complexity index is 407. The van der Waals surface area contributed by atoms with Crippen molar-refractivity contribution in [2.24, 2.45) is 0 Å². The van der Waals surface area contributed by atoms with E-state index in [-0.39, 0.29) is 5.54 Å². The van der Waals surface area contributed by atoms with E-state index >= 15 is 0 Å². The fourth-order valence-electron chi connectivity index (χ4n) is 2.03. The van der Waals surface area contributed by atoms with Crippen LogP contribution in [0, 0.1) is 0 Å². The van der Waals surface area contributed by atoms with E-state index in [9.17, 15) is 0 Å². The van der Waals surface area contributed by atoms with Crippen LogP contribution in [-0.4, -0.2) is 36.7 Å². The van der Waals surface area contributed by atoms with E-state index in [1.165, 1.54) is 22.6 Å². The lowest BCUT2D eigenvalue weighted by molar-refractivity contribution is 0.0995. The Labute approximate surface area is 127 Å². The highest BCUT2D eigenvalue weighted by Gasteiger charge is 2.25. The monoisotopic (exact) mass is 296 g/mol. The summed E-state index contributed by atoms with van der Waals surface area (Å²) in [6, 6.07) is 5.23. The van der Waals surface area contributed by atoms with Gasteiger partial charge >= 0.3 is 0 Å². The molecule has 1 aliphatic carbocycles. The van der Waals surface area contributed by atoms with E-state index in [0.717, 1.165) is 32.3 Å². The number of likely N-dealkylation sites (N-methyl/N-ethyl adjacent to an activating group) is 1. The van der Waals surface area contributed by atoms with E-state index in [1.54, 1.807) is 0 Å². The van der Waals surface area contributed by atoms with Gasteiger partial charge in [-0.1, -0.05) is 0 Å². The summed E-state index contributed by atoms with van der Waals surface area (Å²) in [7, 11) is 2.20. The first-order chi connectivity index (χ1) is 9.44. The highest BCUT2D eigenvalue weighted by atomic mass is 32.1. The molecule has 0 aliphatic heterocycles. The van der Waals surface area contributed by atoms with Gasteiger partial charge in [0.1, 0.15) is 0 Å². The minimum absolute atomic E-state index is 0.175. The maximum Gasteiger partial charge on any atom is 0.0810 e. The van der Waals surface area contributed by atoms with E-state index in [1.807, 2.05) is 11.3 Å². The van der Waals surface area contributed by atoms with Gasteiger partial charge in [-0.2, -0.15) is 0 Å². The van der Waals surface area contributed by atoms with Gasteiger partial charge in [0, 0.05) is 34.4 Å². The summed E-state index contributed by atoms with van der Waals surface area (Å²) in [6.45, 7) is 10.2. The summed E-state index contributed by atoms with van der Waals surface area (Å²) in [6.07, 6.45) is 2.73. The van der Waals surface area contributed by atoms with Gasteiger partial charge in [0.15, 0.2) is 0 Å². The van der Waals surface area contributed by atoms with Crippen LogP contribution in [0.2, 0.25) is 0 Å². The zero-order chi connectivity index (χ0) is 14.6. The minimum Gasteiger partial charge on any atom is -0.375 e. The second-order valence-electron chi connectivity index (χ2n) is 6.74. The summed E-state index contributed by atoms with van der Waals surface area (Å²) in [5.74, 6) is 0. The van der Waals surface area contributed by atoms with Gasteiger partial charge in [-0.25, -0.2) is 0 Å². The maximum atomic E-state index is 5.78. The van der Waals surface area contributed by atoms with Crippen LogP contribution >= 0.6 is 11.3 Å². The zero-order valence-corrected chi connectivity index (χ0v) is 14.1. The number of nitrogens with one attached hydrogen (secondary N) is 1. The molecule has 1 aliphatic rings. The Balaban J connectivity index is 1.62. The normalized spacial score (nSPS) is 16.1. The molecule has 0 unspecified atom stereocenters. The first-order valence-corrected chi connectivity index (χ1v) is 8.36. The van der Waals surface area contributed by atoms with Crippen molar-refractivity contribution in [3.8, 4) is 0 Å². The van der Waals surface area contributed by atoms with Gasteiger partial charge in [0.05, 0.1) is 13.2 Å². The molecule has 0 spiro atoms. The maximum absolute atomic E-state index is 5.78. The molecule has 1 heterocycles. The third-order valence-corrected chi connectivity index (χ3v) is 4.57. The minimum atomic E-state index is 0.175. The van der Waals surface area contributed by atoms with E-state index < -0.39 is 0 Å². The molecule has 1 aromatic rings. The molecular formula is C16H28N2OS. The molecule has 20 heavy (non-hydrogen) atoms. The molecule has 0 aromatic carbocycles. The van der Waals surface area contributed by atoms with Gasteiger partial charge in [-0.3, -0.25) is 0 Å². The summed E-state index contributed by atoms with van der Waals surface area (Å²) < 4.78 is 5.78. The molecule has 1 saturated carbocycles. The predicted octanol–water partition coefficient (Wildman–Crippen LogP) is 3.25. The molecule has 4 heteroatoms. The van der Waals surface area contributed by atoms with Crippen molar-refractivity contribution in [3.05, 3.63) is 21.9 Å². The summed E-state index contributed by atoms with van der Waals surface area (Å²) in [5, 5.41) is 3.52. The predicted molar refractivity (Wildman–Crippen MR) is 86.2 cm³/mol. The third kappa shape index (κ3) is 5.92. The fourth-order valence-corrected chi connectivity index (χ4v) is 2.92. The van der Waals surface area contributed by atoms with Crippen LogP contribution < -0.4 is 5.32 Å². The Morgan fingerprint density at radius 2 is 2.00 bits per heavy atom. The zero-order valence-electron chi connectivity index (χ0n) is 13.2. The molecule has 2 rings (SSSR count). The van der Waals surface area contributed by atoms with E-state index in [0.29, 0.717) is 0 Å². The number of hydrogen-bond donors (Lipinski definition) is 1. The van der Waals surface area contributed by atoms with Crippen LogP contribution in [0.25, 0.3) is 0 Å². The van der Waals surface area contributed by atoms with Gasteiger partial charge in [0.2, 0.25) is 0 Å². The topological polar surface area (TPSA) is 24.5 Å². The molecule has 1 N–H and O–H groups in total. The van der Waals surface area contributed by atoms with Crippen LogP contribution in [0.1, 0.15) is 43.4 Å². The Kier molecular flexibility index (Phi) is 5.61. The molecule has 114 valence electrons. The van der Waals surface area contributed by atoms with Crippen molar-refractivity contribution in [2.75, 3.05) is 20.2 Å². The Morgan fingerprint density at radius 1 is 1.30 bits per heavy atom. The number of thiophene rings is 1. The average Bonchev–Trinajstić information content (AvgIpc) is 3.12. The molecular weight excluding hydrogens is 268 g/mol. The third-order valence-electron chi connectivity index (χ3n) is 3.51. The first kappa shape index (κ1) is 16.0. The summed E-state index contributed by atoms with van der Waals surface area (Å²) in [4.78, 5) is 5.12. The van der Waals surface area contributed by atoms with Gasteiger partial charge < -0.3 is 15.0 Å². The SMILES string of the molecule is CN(CCOCc1ccc(CNC(C)(C)C)s1)C1CC1. The second kappa shape index (κ2) is 7.03. The quantitative estimate of drug-likeness (QED) is 0.745. The lowest BCUT2D eigenvalue weighted by atomic mass is 10.1. The van der Waals surface area contributed by atoms with Crippen molar-refractivity contribution >= 4 is 11.3 Å². The van der Waals surface area contributed by atoms with E-state index in [4.69, 9.17) is 4.74 Å². The number of hydrogen-bond acceptors (Lipinski definition) is 4. The molecule has 3 nitrogen and oxygen atoms in total. The van der Waals surface area contributed by atoms with Crippen LogP contribution in [-0.2, 0) is 17.9 Å². The lowest BCUT2D eigenvalue weighted by Crippen LogP contribution is -2.34. The van der Waals surface area contributed by atoms with Crippen molar-refractivity contribution in [1.82, 2.24) is 10.2 Å². The van der Waals surface area contributed by atoms with Crippen molar-refractivity contribution in [3.63, 3.8) is 0 Å². The number of ether oxygens (including phenoxy) is 1. The standard InChI is InChI=1S/C16H28N2OS/c1-16(2,3)17-11-14-7-8-15(20-14)12-19-10-9-18(4)13-5-6-13/h7-8,13,17H,5-6,9-12H2,1-4H3. The largest absolute Gasteiger partial charge is 0.375 e.